The molecule has 0 saturated carbocycles. The van der Waals surface area contributed by atoms with E-state index in [1.807, 2.05) is 23.6 Å². The summed E-state index contributed by atoms with van der Waals surface area (Å²) in [6, 6.07) is 11.4. The molecule has 2 nitrogen and oxygen atoms in total. The molecule has 0 bridgehead atoms. The van der Waals surface area contributed by atoms with Gasteiger partial charge in [-0.2, -0.15) is 0 Å². The lowest BCUT2D eigenvalue weighted by Gasteiger charge is -2.03. The number of thiophene rings is 1. The molecule has 0 aliphatic rings. The zero-order chi connectivity index (χ0) is 12.8. The fourth-order valence-electron chi connectivity index (χ4n) is 1.51. The van der Waals surface area contributed by atoms with Gasteiger partial charge in [0.25, 0.3) is 0 Å². The molecular weight excluding hydrogens is 312 g/mol. The van der Waals surface area contributed by atoms with Crippen LogP contribution < -0.4 is 0 Å². The highest BCUT2D eigenvalue weighted by atomic mass is 79.9. The Bertz CT molecular complexity index is 491. The lowest BCUT2D eigenvalue weighted by Crippen LogP contribution is -2.10. The van der Waals surface area contributed by atoms with Crippen molar-refractivity contribution in [3.8, 4) is 0 Å². The lowest BCUT2D eigenvalue weighted by molar-refractivity contribution is 0.0766. The maximum atomic E-state index is 11.8. The number of Topliss-reactive ketones (excluding diaryl/α,β-unsaturated/α-hetero) is 1. The van der Waals surface area contributed by atoms with Crippen molar-refractivity contribution in [2.75, 3.05) is 13.2 Å². The van der Waals surface area contributed by atoms with E-state index in [0.717, 1.165) is 10.9 Å². The van der Waals surface area contributed by atoms with E-state index >= 15 is 0 Å². The lowest BCUT2D eigenvalue weighted by atomic mass is 10.1. The minimum absolute atomic E-state index is 0.0219. The molecule has 4 heteroatoms. The second-order valence-corrected chi connectivity index (χ2v) is 5.76. The minimum Gasteiger partial charge on any atom is -0.373 e. The van der Waals surface area contributed by atoms with Gasteiger partial charge in [0.2, 0.25) is 0 Å². The highest BCUT2D eigenvalue weighted by Crippen LogP contribution is 2.11. The molecule has 0 amide bonds. The van der Waals surface area contributed by atoms with Crippen molar-refractivity contribution in [1.82, 2.24) is 0 Å². The number of hydrogen-bond acceptors (Lipinski definition) is 3. The molecule has 2 rings (SSSR count). The monoisotopic (exact) mass is 324 g/mol. The van der Waals surface area contributed by atoms with Gasteiger partial charge in [0.05, 0.1) is 6.61 Å². The van der Waals surface area contributed by atoms with E-state index in [1.54, 1.807) is 23.5 Å². The molecule has 94 valence electrons. The SMILES string of the molecule is O=C(COCCc1cccs1)c1ccc(Br)cc1. The molecule has 0 atom stereocenters. The molecule has 0 radical (unpaired) electrons. The van der Waals surface area contributed by atoms with Crippen LogP contribution in [0.15, 0.2) is 46.3 Å². The molecule has 0 N–H and O–H groups in total. The van der Waals surface area contributed by atoms with Gasteiger partial charge in [0, 0.05) is 21.3 Å². The van der Waals surface area contributed by atoms with E-state index in [2.05, 4.69) is 22.0 Å². The van der Waals surface area contributed by atoms with Crippen LogP contribution >= 0.6 is 27.3 Å². The Hall–Kier alpha value is -0.970. The Morgan fingerprint density at radius 1 is 1.22 bits per heavy atom. The van der Waals surface area contributed by atoms with E-state index in [0.29, 0.717) is 12.2 Å². The smallest absolute Gasteiger partial charge is 0.188 e. The normalized spacial score (nSPS) is 10.5. The highest BCUT2D eigenvalue weighted by molar-refractivity contribution is 9.10. The molecule has 0 fully saturated rings. The van der Waals surface area contributed by atoms with Crippen molar-refractivity contribution in [1.29, 1.82) is 0 Å². The maximum Gasteiger partial charge on any atom is 0.188 e. The minimum atomic E-state index is 0.0219. The largest absolute Gasteiger partial charge is 0.373 e. The van der Waals surface area contributed by atoms with Crippen LogP contribution in [0.3, 0.4) is 0 Å². The quantitative estimate of drug-likeness (QED) is 0.594. The predicted molar refractivity (Wildman–Crippen MR) is 77.3 cm³/mol. The van der Waals surface area contributed by atoms with Crippen LogP contribution in [0.4, 0.5) is 0 Å². The summed E-state index contributed by atoms with van der Waals surface area (Å²) in [6.07, 6.45) is 0.866. The molecule has 0 spiro atoms. The van der Waals surface area contributed by atoms with Crippen LogP contribution in [0.2, 0.25) is 0 Å². The van der Waals surface area contributed by atoms with Gasteiger partial charge >= 0.3 is 0 Å². The second-order valence-electron chi connectivity index (χ2n) is 3.81. The molecule has 0 aliphatic heterocycles. The number of halogens is 1. The molecule has 1 aromatic carbocycles. The van der Waals surface area contributed by atoms with Gasteiger partial charge in [-0.25, -0.2) is 0 Å². The first-order chi connectivity index (χ1) is 8.75. The average Bonchev–Trinajstić information content (AvgIpc) is 2.88. The summed E-state index contributed by atoms with van der Waals surface area (Å²) in [4.78, 5) is 13.1. The Kier molecular flexibility index (Phi) is 5.11. The molecule has 0 saturated heterocycles. The first-order valence-corrected chi connectivity index (χ1v) is 7.32. The van der Waals surface area contributed by atoms with Crippen LogP contribution in [0.1, 0.15) is 15.2 Å². The van der Waals surface area contributed by atoms with Gasteiger partial charge in [0.15, 0.2) is 5.78 Å². The first kappa shape index (κ1) is 13.5. The zero-order valence-electron chi connectivity index (χ0n) is 9.77. The third-order valence-corrected chi connectivity index (χ3v) is 3.94. The number of hydrogen-bond donors (Lipinski definition) is 0. The number of carbonyl (C=O) groups is 1. The van der Waals surface area contributed by atoms with E-state index in [1.165, 1.54) is 4.88 Å². The van der Waals surface area contributed by atoms with Crippen molar-refractivity contribution in [2.24, 2.45) is 0 Å². The van der Waals surface area contributed by atoms with Gasteiger partial charge in [-0.05, 0) is 23.6 Å². The molecule has 2 aromatic rings. The van der Waals surface area contributed by atoms with Gasteiger partial charge in [-0.3, -0.25) is 4.79 Å². The van der Waals surface area contributed by atoms with Gasteiger partial charge < -0.3 is 4.74 Å². The van der Waals surface area contributed by atoms with Crippen LogP contribution in [0.25, 0.3) is 0 Å². The molecule has 1 heterocycles. The van der Waals surface area contributed by atoms with Gasteiger partial charge in [0.1, 0.15) is 6.61 Å². The number of ketones is 1. The topological polar surface area (TPSA) is 26.3 Å². The van der Waals surface area contributed by atoms with Gasteiger partial charge in [-0.15, -0.1) is 11.3 Å². The summed E-state index contributed by atoms with van der Waals surface area (Å²) in [5.41, 5.74) is 0.689. The van der Waals surface area contributed by atoms with Crippen LogP contribution in [-0.4, -0.2) is 19.0 Å². The van der Waals surface area contributed by atoms with E-state index in [-0.39, 0.29) is 12.4 Å². The van der Waals surface area contributed by atoms with Crippen molar-refractivity contribution < 1.29 is 9.53 Å². The third-order valence-electron chi connectivity index (χ3n) is 2.47. The van der Waals surface area contributed by atoms with Crippen molar-refractivity contribution in [3.05, 3.63) is 56.7 Å². The number of ether oxygens (including phenoxy) is 1. The Morgan fingerprint density at radius 3 is 2.67 bits per heavy atom. The van der Waals surface area contributed by atoms with Crippen molar-refractivity contribution in [3.63, 3.8) is 0 Å². The Labute approximate surface area is 119 Å². The molecule has 1 aromatic heterocycles. The van der Waals surface area contributed by atoms with Crippen LogP contribution in [0.5, 0.6) is 0 Å². The fraction of sp³-hybridized carbons (Fsp3) is 0.214. The zero-order valence-corrected chi connectivity index (χ0v) is 12.2. The predicted octanol–water partition coefficient (Wildman–Crippen LogP) is 3.95. The summed E-state index contributed by atoms with van der Waals surface area (Å²) < 4.78 is 6.37. The van der Waals surface area contributed by atoms with Gasteiger partial charge in [-0.1, -0.05) is 34.1 Å². The van der Waals surface area contributed by atoms with E-state index < -0.39 is 0 Å². The highest BCUT2D eigenvalue weighted by Gasteiger charge is 2.05. The number of rotatable bonds is 6. The molecule has 18 heavy (non-hydrogen) atoms. The Balaban J connectivity index is 1.73. The maximum absolute atomic E-state index is 11.8. The summed E-state index contributed by atoms with van der Waals surface area (Å²) >= 11 is 5.05. The van der Waals surface area contributed by atoms with Crippen molar-refractivity contribution in [2.45, 2.75) is 6.42 Å². The van der Waals surface area contributed by atoms with E-state index in [4.69, 9.17) is 4.74 Å². The number of carbonyl (C=O) groups excluding carboxylic acids is 1. The Morgan fingerprint density at radius 2 is 2.00 bits per heavy atom. The standard InChI is InChI=1S/C14H13BrO2S/c15-12-5-3-11(4-6-12)14(16)10-17-8-7-13-2-1-9-18-13/h1-6,9H,7-8,10H2. The summed E-state index contributed by atoms with van der Waals surface area (Å²) in [6.45, 7) is 0.732. The molecule has 0 aliphatic carbocycles. The van der Waals surface area contributed by atoms with Crippen LogP contribution in [0, 0.1) is 0 Å². The van der Waals surface area contributed by atoms with Crippen molar-refractivity contribution >= 4 is 33.0 Å². The third kappa shape index (κ3) is 4.05. The summed E-state index contributed by atoms with van der Waals surface area (Å²) in [5.74, 6) is 0.0219. The summed E-state index contributed by atoms with van der Waals surface area (Å²) in [7, 11) is 0. The average molecular weight is 325 g/mol. The van der Waals surface area contributed by atoms with E-state index in [9.17, 15) is 4.79 Å². The molecular formula is C14H13BrO2S. The fourth-order valence-corrected chi connectivity index (χ4v) is 2.47. The second kappa shape index (κ2) is 6.83. The summed E-state index contributed by atoms with van der Waals surface area (Å²) in [5, 5.41) is 2.04. The van der Waals surface area contributed by atoms with Crippen LogP contribution in [-0.2, 0) is 11.2 Å². The number of benzene rings is 1. The molecule has 0 unspecified atom stereocenters. The first-order valence-electron chi connectivity index (χ1n) is 5.64.